The van der Waals surface area contributed by atoms with Crippen molar-refractivity contribution < 1.29 is 8.42 Å². The summed E-state index contributed by atoms with van der Waals surface area (Å²) in [6, 6.07) is 10.6. The highest BCUT2D eigenvalue weighted by molar-refractivity contribution is 7.89. The van der Waals surface area contributed by atoms with Crippen molar-refractivity contribution in [2.75, 3.05) is 0 Å². The summed E-state index contributed by atoms with van der Waals surface area (Å²) in [4.78, 5) is 9.87. The summed E-state index contributed by atoms with van der Waals surface area (Å²) >= 11 is 7.70. The Kier molecular flexibility index (Phi) is 6.86. The van der Waals surface area contributed by atoms with E-state index in [-0.39, 0.29) is 16.5 Å². The van der Waals surface area contributed by atoms with Crippen LogP contribution in [0.2, 0.25) is 5.02 Å². The number of aromatic nitrogens is 3. The van der Waals surface area contributed by atoms with Gasteiger partial charge in [0.15, 0.2) is 0 Å². The maximum atomic E-state index is 12.9. The number of sulfonamides is 1. The van der Waals surface area contributed by atoms with Crippen molar-refractivity contribution in [1.82, 2.24) is 19.5 Å². The van der Waals surface area contributed by atoms with Gasteiger partial charge in [-0.1, -0.05) is 54.3 Å². The molecule has 0 aliphatic heterocycles. The topological polar surface area (TPSA) is 89.2 Å². The van der Waals surface area contributed by atoms with Crippen LogP contribution in [-0.2, 0) is 23.6 Å². The van der Waals surface area contributed by atoms with Gasteiger partial charge in [0.2, 0.25) is 14.8 Å². The molecule has 2 aromatic heterocycles. The predicted octanol–water partition coefficient (Wildman–Crippen LogP) is 3.91. The minimum Gasteiger partial charge on any atom is -0.260 e. The molecule has 3 aromatic rings. The number of rotatable bonds is 6. The summed E-state index contributed by atoms with van der Waals surface area (Å²) in [5.74, 6) is 0. The van der Waals surface area contributed by atoms with Crippen LogP contribution >= 0.6 is 22.9 Å². The van der Waals surface area contributed by atoms with Crippen molar-refractivity contribution >= 4 is 33.0 Å². The highest BCUT2D eigenvalue weighted by atomic mass is 35.5. The van der Waals surface area contributed by atoms with Gasteiger partial charge >= 0.3 is 0 Å². The lowest BCUT2D eigenvalue weighted by Gasteiger charge is -2.16. The Bertz CT molecular complexity index is 1220. The predicted molar refractivity (Wildman–Crippen MR) is 122 cm³/mol. The van der Waals surface area contributed by atoms with E-state index in [1.807, 2.05) is 13.1 Å². The second kappa shape index (κ2) is 9.60. The molecular formula is C21H24ClN5O2S2. The normalized spacial score (nSPS) is 16.0. The molecule has 1 aliphatic carbocycles. The third kappa shape index (κ3) is 5.41. The van der Waals surface area contributed by atoms with Gasteiger partial charge in [-0.25, -0.2) is 17.8 Å². The van der Waals surface area contributed by atoms with Crippen molar-refractivity contribution in [3.8, 4) is 10.6 Å². The highest BCUT2D eigenvalue weighted by Gasteiger charge is 2.20. The van der Waals surface area contributed by atoms with Crippen LogP contribution in [0.3, 0.4) is 0 Å². The molecular weight excluding hydrogens is 454 g/mol. The zero-order chi connectivity index (χ0) is 21.8. The molecule has 0 bridgehead atoms. The highest BCUT2D eigenvalue weighted by Crippen LogP contribution is 2.29. The van der Waals surface area contributed by atoms with E-state index in [1.165, 1.54) is 30.6 Å². The van der Waals surface area contributed by atoms with E-state index in [0.29, 0.717) is 22.3 Å². The molecule has 0 amide bonds. The Morgan fingerprint density at radius 1 is 1.23 bits per heavy atom. The van der Waals surface area contributed by atoms with E-state index >= 15 is 0 Å². The van der Waals surface area contributed by atoms with E-state index in [1.54, 1.807) is 41.2 Å². The fraction of sp³-hybridized carbons (Fsp3) is 0.381. The molecule has 164 valence electrons. The molecule has 4 rings (SSSR count). The standard InChI is InChI=1S/C21H24ClN5O2S2/c1-27-21(25-16-7-3-2-4-8-16)30-20(26-27)15-10-11-18(22)19(13-15)31(28,29)24-14-17-9-5-6-12-23-17/h5-6,9-13,16,24H,2-4,7-8,14H2,1H3. The number of halogens is 1. The lowest BCUT2D eigenvalue weighted by atomic mass is 9.96. The number of nitrogens with zero attached hydrogens (tertiary/aromatic N) is 4. The van der Waals surface area contributed by atoms with E-state index in [9.17, 15) is 8.42 Å². The van der Waals surface area contributed by atoms with Crippen LogP contribution in [0.25, 0.3) is 10.6 Å². The second-order valence-electron chi connectivity index (χ2n) is 7.53. The number of nitrogens with one attached hydrogen (secondary N) is 1. The van der Waals surface area contributed by atoms with Gasteiger partial charge in [0, 0.05) is 18.8 Å². The first-order chi connectivity index (χ1) is 14.9. The molecule has 31 heavy (non-hydrogen) atoms. The van der Waals surface area contributed by atoms with Gasteiger partial charge in [-0.15, -0.1) is 0 Å². The van der Waals surface area contributed by atoms with Crippen LogP contribution in [0.5, 0.6) is 0 Å². The van der Waals surface area contributed by atoms with Crippen LogP contribution < -0.4 is 9.52 Å². The zero-order valence-electron chi connectivity index (χ0n) is 17.2. The van der Waals surface area contributed by atoms with Crippen molar-refractivity contribution in [2.45, 2.75) is 49.6 Å². The molecule has 7 nitrogen and oxygen atoms in total. The van der Waals surface area contributed by atoms with Gasteiger partial charge in [0.1, 0.15) is 9.90 Å². The van der Waals surface area contributed by atoms with Crippen LogP contribution in [0.1, 0.15) is 37.8 Å². The summed E-state index contributed by atoms with van der Waals surface area (Å²) in [6.07, 6.45) is 7.55. The Balaban J connectivity index is 1.60. The first kappa shape index (κ1) is 22.1. The SMILES string of the molecule is Cn1nc(-c2ccc(Cl)c(S(=O)(=O)NCc3ccccn3)c2)sc1=NC1CCCCC1. The molecule has 10 heteroatoms. The van der Waals surface area contributed by atoms with Gasteiger partial charge in [0.25, 0.3) is 0 Å². The molecule has 1 saturated carbocycles. The number of aryl methyl sites for hydroxylation is 1. The Morgan fingerprint density at radius 2 is 2.03 bits per heavy atom. The fourth-order valence-corrected chi connectivity index (χ4v) is 6.01. The quantitative estimate of drug-likeness (QED) is 0.582. The minimum atomic E-state index is -3.82. The molecule has 1 aliphatic rings. The van der Waals surface area contributed by atoms with Crippen LogP contribution in [0.15, 0.2) is 52.5 Å². The first-order valence-corrected chi connectivity index (χ1v) is 12.9. The van der Waals surface area contributed by atoms with Crippen molar-refractivity contribution in [3.63, 3.8) is 0 Å². The summed E-state index contributed by atoms with van der Waals surface area (Å²) in [5, 5.41) is 5.43. The summed E-state index contributed by atoms with van der Waals surface area (Å²) in [6.45, 7) is 0.0837. The molecule has 0 radical (unpaired) electrons. The van der Waals surface area contributed by atoms with Gasteiger partial charge < -0.3 is 0 Å². The second-order valence-corrected chi connectivity index (χ2v) is 10.6. The molecule has 0 unspecified atom stereocenters. The summed E-state index contributed by atoms with van der Waals surface area (Å²) in [7, 11) is -1.96. The molecule has 0 atom stereocenters. The van der Waals surface area contributed by atoms with E-state index in [2.05, 4.69) is 14.8 Å². The number of pyridine rings is 1. The number of hydrogen-bond acceptors (Lipinski definition) is 6. The summed E-state index contributed by atoms with van der Waals surface area (Å²) < 4.78 is 30.1. The van der Waals surface area contributed by atoms with Crippen LogP contribution in [0.4, 0.5) is 0 Å². The monoisotopic (exact) mass is 477 g/mol. The number of benzene rings is 1. The third-order valence-electron chi connectivity index (χ3n) is 5.21. The van der Waals surface area contributed by atoms with Crippen LogP contribution in [-0.4, -0.2) is 29.2 Å². The van der Waals surface area contributed by atoms with Gasteiger partial charge in [-0.2, -0.15) is 5.10 Å². The average Bonchev–Trinajstić information content (AvgIpc) is 3.14. The van der Waals surface area contributed by atoms with Gasteiger partial charge in [0.05, 0.1) is 23.3 Å². The maximum Gasteiger partial charge on any atom is 0.242 e. The molecule has 1 fully saturated rings. The lowest BCUT2D eigenvalue weighted by Crippen LogP contribution is -2.24. The van der Waals surface area contributed by atoms with Gasteiger partial charge in [-0.3, -0.25) is 9.98 Å². The smallest absolute Gasteiger partial charge is 0.242 e. The molecule has 2 heterocycles. The van der Waals surface area contributed by atoms with Crippen molar-refractivity contribution in [3.05, 3.63) is 58.1 Å². The fourth-order valence-electron chi connectivity index (χ4n) is 3.54. The van der Waals surface area contributed by atoms with E-state index in [4.69, 9.17) is 16.6 Å². The van der Waals surface area contributed by atoms with Gasteiger partial charge in [-0.05, 0) is 37.1 Å². The first-order valence-electron chi connectivity index (χ1n) is 10.2. The summed E-state index contributed by atoms with van der Waals surface area (Å²) in [5.41, 5.74) is 1.31. The molecule has 1 aromatic carbocycles. The van der Waals surface area contributed by atoms with Crippen molar-refractivity contribution in [1.29, 1.82) is 0 Å². The van der Waals surface area contributed by atoms with Crippen LogP contribution in [0, 0.1) is 0 Å². The molecule has 0 saturated heterocycles. The maximum absolute atomic E-state index is 12.9. The zero-order valence-corrected chi connectivity index (χ0v) is 19.6. The molecule has 1 N–H and O–H groups in total. The van der Waals surface area contributed by atoms with Crippen molar-refractivity contribution in [2.24, 2.45) is 12.0 Å². The third-order valence-corrected chi connectivity index (χ3v) is 8.16. The Morgan fingerprint density at radius 3 is 2.77 bits per heavy atom. The Hall–Kier alpha value is -2.07. The minimum absolute atomic E-state index is 0.0196. The van der Waals surface area contributed by atoms with E-state index in [0.717, 1.165) is 17.6 Å². The number of hydrogen-bond donors (Lipinski definition) is 1. The molecule has 0 spiro atoms. The lowest BCUT2D eigenvalue weighted by molar-refractivity contribution is 0.434. The average molecular weight is 478 g/mol. The Labute approximate surface area is 190 Å². The van der Waals surface area contributed by atoms with E-state index < -0.39 is 10.0 Å². The largest absolute Gasteiger partial charge is 0.260 e.